The molecule has 2 aromatic rings. The van der Waals surface area contributed by atoms with Crippen LogP contribution >= 0.6 is 15.9 Å². The van der Waals surface area contributed by atoms with E-state index in [2.05, 4.69) is 51.1 Å². The lowest BCUT2D eigenvalue weighted by molar-refractivity contribution is 0.139. The van der Waals surface area contributed by atoms with Crippen molar-refractivity contribution in [3.8, 4) is 17.1 Å². The minimum atomic E-state index is -0.172. The molecule has 3 rings (SSSR count). The fraction of sp³-hybridized carbons (Fsp3) is 0.375. The average molecular weight is 348 g/mol. The molecule has 2 heterocycles. The molecule has 0 saturated carbocycles. The van der Waals surface area contributed by atoms with Crippen LogP contribution in [0.5, 0.6) is 5.75 Å². The number of benzene rings is 1. The molecule has 0 amide bonds. The van der Waals surface area contributed by atoms with Gasteiger partial charge in [0.1, 0.15) is 17.2 Å². The quantitative estimate of drug-likeness (QED) is 0.892. The second kappa shape index (κ2) is 4.98. The normalized spacial score (nSPS) is 15.5. The van der Waals surface area contributed by atoms with Crippen LogP contribution in [0.2, 0.25) is 0 Å². The van der Waals surface area contributed by atoms with Gasteiger partial charge in [-0.25, -0.2) is 9.97 Å². The molecular weight excluding hydrogens is 330 g/mol. The number of rotatable bonds is 2. The molecule has 0 bridgehead atoms. The van der Waals surface area contributed by atoms with Crippen molar-refractivity contribution >= 4 is 21.7 Å². The van der Waals surface area contributed by atoms with E-state index in [4.69, 9.17) is 4.74 Å². The molecule has 5 heteroatoms. The van der Waals surface area contributed by atoms with Crippen molar-refractivity contribution in [2.24, 2.45) is 0 Å². The van der Waals surface area contributed by atoms with Gasteiger partial charge in [-0.15, -0.1) is 0 Å². The molecular formula is C16H18BrN3O. The largest absolute Gasteiger partial charge is 0.486 e. The molecule has 1 aliphatic rings. The zero-order valence-electron chi connectivity index (χ0n) is 12.6. The van der Waals surface area contributed by atoms with Crippen molar-refractivity contribution in [2.75, 3.05) is 12.4 Å². The van der Waals surface area contributed by atoms with Gasteiger partial charge in [-0.2, -0.15) is 0 Å². The van der Waals surface area contributed by atoms with Crippen LogP contribution in [0.3, 0.4) is 0 Å². The van der Waals surface area contributed by atoms with Gasteiger partial charge in [0.05, 0.1) is 15.7 Å². The zero-order chi connectivity index (χ0) is 15.2. The van der Waals surface area contributed by atoms with Crippen LogP contribution in [-0.2, 0) is 6.42 Å². The smallest absolute Gasteiger partial charge is 0.165 e. The van der Waals surface area contributed by atoms with Crippen molar-refractivity contribution in [1.82, 2.24) is 9.97 Å². The van der Waals surface area contributed by atoms with Crippen molar-refractivity contribution in [3.63, 3.8) is 0 Å². The summed E-state index contributed by atoms with van der Waals surface area (Å²) in [4.78, 5) is 9.20. The predicted octanol–water partition coefficient (Wildman–Crippen LogP) is 3.97. The summed E-state index contributed by atoms with van der Waals surface area (Å²) in [6.07, 6.45) is 0.907. The molecule has 1 aromatic carbocycles. The Hall–Kier alpha value is -1.62. The summed E-state index contributed by atoms with van der Waals surface area (Å²) in [5, 5.41) is 3.09. The van der Waals surface area contributed by atoms with E-state index in [1.807, 2.05) is 26.1 Å². The topological polar surface area (TPSA) is 47.0 Å². The molecule has 4 nitrogen and oxygen atoms in total. The first-order valence-electron chi connectivity index (χ1n) is 6.94. The van der Waals surface area contributed by atoms with Crippen molar-refractivity contribution in [2.45, 2.75) is 32.8 Å². The van der Waals surface area contributed by atoms with Gasteiger partial charge in [0.15, 0.2) is 5.82 Å². The third kappa shape index (κ3) is 2.50. The molecule has 0 fully saturated rings. The van der Waals surface area contributed by atoms with E-state index in [9.17, 15) is 0 Å². The summed E-state index contributed by atoms with van der Waals surface area (Å²) in [5.74, 6) is 2.38. The molecule has 0 saturated heterocycles. The van der Waals surface area contributed by atoms with Crippen LogP contribution in [0, 0.1) is 6.92 Å². The second-order valence-corrected chi connectivity index (χ2v) is 6.67. The van der Waals surface area contributed by atoms with Crippen LogP contribution < -0.4 is 10.1 Å². The highest BCUT2D eigenvalue weighted by molar-refractivity contribution is 9.10. The zero-order valence-corrected chi connectivity index (χ0v) is 14.2. The molecule has 110 valence electrons. The summed E-state index contributed by atoms with van der Waals surface area (Å²) >= 11 is 3.51. The minimum Gasteiger partial charge on any atom is -0.486 e. The van der Waals surface area contributed by atoms with Crippen LogP contribution in [0.15, 0.2) is 22.7 Å². The van der Waals surface area contributed by atoms with Gasteiger partial charge in [0.25, 0.3) is 0 Å². The number of hydrogen-bond donors (Lipinski definition) is 1. The number of para-hydroxylation sites is 1. The van der Waals surface area contributed by atoms with Crippen LogP contribution in [0.25, 0.3) is 11.4 Å². The Morgan fingerprint density at radius 3 is 2.76 bits per heavy atom. The van der Waals surface area contributed by atoms with Gasteiger partial charge in [0, 0.05) is 13.5 Å². The van der Waals surface area contributed by atoms with E-state index in [0.29, 0.717) is 5.82 Å². The van der Waals surface area contributed by atoms with Gasteiger partial charge in [-0.05, 0) is 48.3 Å². The van der Waals surface area contributed by atoms with E-state index in [1.165, 1.54) is 5.56 Å². The second-order valence-electron chi connectivity index (χ2n) is 5.88. The fourth-order valence-corrected chi connectivity index (χ4v) is 3.01. The van der Waals surface area contributed by atoms with E-state index in [0.717, 1.165) is 33.7 Å². The van der Waals surface area contributed by atoms with E-state index in [-0.39, 0.29) is 5.60 Å². The third-order valence-electron chi connectivity index (χ3n) is 3.59. The van der Waals surface area contributed by atoms with E-state index in [1.54, 1.807) is 0 Å². The number of anilines is 1. The van der Waals surface area contributed by atoms with Crippen LogP contribution in [-0.4, -0.2) is 22.6 Å². The number of nitrogens with one attached hydrogen (secondary N) is 1. The Labute approximate surface area is 133 Å². The summed E-state index contributed by atoms with van der Waals surface area (Å²) in [7, 11) is 1.85. The molecule has 0 atom stereocenters. The number of nitrogens with zero attached hydrogens (tertiary/aromatic N) is 2. The molecule has 1 aliphatic heterocycles. The number of halogens is 1. The first-order valence-corrected chi connectivity index (χ1v) is 7.74. The minimum absolute atomic E-state index is 0.172. The Balaban J connectivity index is 2.16. The molecule has 0 aliphatic carbocycles. The summed E-state index contributed by atoms with van der Waals surface area (Å²) < 4.78 is 7.00. The number of ether oxygens (including phenoxy) is 1. The number of aryl methyl sites for hydroxylation is 1. The Morgan fingerprint density at radius 1 is 1.29 bits per heavy atom. The molecule has 21 heavy (non-hydrogen) atoms. The Kier molecular flexibility index (Phi) is 3.40. The highest BCUT2D eigenvalue weighted by atomic mass is 79.9. The summed E-state index contributed by atoms with van der Waals surface area (Å²) in [6.45, 7) is 6.16. The first-order chi connectivity index (χ1) is 9.91. The van der Waals surface area contributed by atoms with Gasteiger partial charge >= 0.3 is 0 Å². The lowest BCUT2D eigenvalue weighted by atomic mass is 10.0. The maximum atomic E-state index is 6.11. The van der Waals surface area contributed by atoms with Gasteiger partial charge in [0.2, 0.25) is 0 Å². The van der Waals surface area contributed by atoms with Gasteiger partial charge < -0.3 is 10.1 Å². The van der Waals surface area contributed by atoms with Gasteiger partial charge in [-0.3, -0.25) is 0 Å². The molecule has 0 radical (unpaired) electrons. The Morgan fingerprint density at radius 2 is 2.05 bits per heavy atom. The molecule has 0 spiro atoms. The van der Waals surface area contributed by atoms with E-state index >= 15 is 0 Å². The standard InChI is InChI=1S/C16H18BrN3O/c1-9-12(17)15(18-4)20-14(19-9)11-7-5-6-10-8-16(2,3)21-13(10)11/h5-7H,8H2,1-4H3,(H,18,19,20). The monoisotopic (exact) mass is 347 g/mol. The molecule has 0 unspecified atom stereocenters. The summed E-state index contributed by atoms with van der Waals surface area (Å²) in [6, 6.07) is 6.17. The lowest BCUT2D eigenvalue weighted by Gasteiger charge is -2.18. The predicted molar refractivity (Wildman–Crippen MR) is 87.9 cm³/mol. The Bertz CT molecular complexity index is 713. The fourth-order valence-electron chi connectivity index (χ4n) is 2.64. The first kappa shape index (κ1) is 14.3. The van der Waals surface area contributed by atoms with Crippen LogP contribution in [0.1, 0.15) is 25.1 Å². The summed E-state index contributed by atoms with van der Waals surface area (Å²) in [5.41, 5.74) is 2.89. The maximum Gasteiger partial charge on any atom is 0.165 e. The highest BCUT2D eigenvalue weighted by Crippen LogP contribution is 2.41. The number of fused-ring (bicyclic) bond motifs is 1. The third-order valence-corrected chi connectivity index (χ3v) is 4.54. The molecule has 1 aromatic heterocycles. The van der Waals surface area contributed by atoms with Crippen molar-refractivity contribution in [3.05, 3.63) is 33.9 Å². The van der Waals surface area contributed by atoms with Gasteiger partial charge in [-0.1, -0.05) is 12.1 Å². The van der Waals surface area contributed by atoms with Crippen molar-refractivity contribution in [1.29, 1.82) is 0 Å². The maximum absolute atomic E-state index is 6.11. The number of hydrogen-bond acceptors (Lipinski definition) is 4. The van der Waals surface area contributed by atoms with Crippen molar-refractivity contribution < 1.29 is 4.74 Å². The average Bonchev–Trinajstić information content (AvgIpc) is 2.75. The lowest BCUT2D eigenvalue weighted by Crippen LogP contribution is -2.24. The van der Waals surface area contributed by atoms with E-state index < -0.39 is 0 Å². The SMILES string of the molecule is CNc1nc(-c2cccc3c2OC(C)(C)C3)nc(C)c1Br. The van der Waals surface area contributed by atoms with Crippen LogP contribution in [0.4, 0.5) is 5.82 Å². The molecule has 1 N–H and O–H groups in total. The highest BCUT2D eigenvalue weighted by Gasteiger charge is 2.32. The number of aromatic nitrogens is 2.